The maximum absolute atomic E-state index is 13.9. The maximum atomic E-state index is 13.9. The van der Waals surface area contributed by atoms with Crippen LogP contribution in [-0.4, -0.2) is 37.2 Å². The van der Waals surface area contributed by atoms with E-state index in [9.17, 15) is 14.4 Å². The molecule has 0 spiro atoms. The van der Waals surface area contributed by atoms with Crippen LogP contribution in [0.25, 0.3) is 6.08 Å². The zero-order valence-electron chi connectivity index (χ0n) is 27.0. The third-order valence-corrected chi connectivity index (χ3v) is 9.92. The molecule has 10 heteroatoms. The van der Waals surface area contributed by atoms with Crippen LogP contribution in [-0.2, 0) is 9.59 Å². The number of anilines is 3. The second-order valence-electron chi connectivity index (χ2n) is 10.9. The van der Waals surface area contributed by atoms with Gasteiger partial charge >= 0.3 is 0 Å². The van der Waals surface area contributed by atoms with Crippen LogP contribution < -0.4 is 25.0 Å². The van der Waals surface area contributed by atoms with E-state index in [0.29, 0.717) is 28.3 Å². The number of hydrogen-bond donors (Lipinski definition) is 2. The molecule has 3 amide bonds. The summed E-state index contributed by atoms with van der Waals surface area (Å²) in [6.07, 6.45) is 1.55. The molecule has 1 aliphatic rings. The second-order valence-corrected chi connectivity index (χ2v) is 13.4. The molecule has 1 aliphatic heterocycles. The molecule has 1 unspecified atom stereocenters. The minimum atomic E-state index is -0.529. The Labute approximate surface area is 293 Å². The van der Waals surface area contributed by atoms with Crippen LogP contribution >= 0.6 is 23.5 Å². The van der Waals surface area contributed by atoms with Crippen LogP contribution in [0.2, 0.25) is 0 Å². The standard InChI is InChI=1S/C39H33N3O5S2/c1-25(39(45)42-32-13-7-9-15-35(32)49-36-16-10-8-14-33(36)42)48-30-20-17-28(18-21-30)40-38(44)31(41-37(43)26-11-5-4-6-12-26)24-27-23-29(46-2)19-22-34(27)47-3/h4-25H,1-3H3,(H,40,44)(H,41,43)/b31-24-. The van der Waals surface area contributed by atoms with Gasteiger partial charge in [-0.25, -0.2) is 0 Å². The molecule has 5 aromatic rings. The number of carbonyl (C=O) groups excluding carboxylic acids is 3. The fraction of sp³-hybridized carbons (Fsp3) is 0.103. The highest BCUT2D eigenvalue weighted by Gasteiger charge is 2.31. The number of hydrogen-bond acceptors (Lipinski definition) is 7. The van der Waals surface area contributed by atoms with E-state index in [0.717, 1.165) is 26.1 Å². The molecule has 0 saturated heterocycles. The Bertz CT molecular complexity index is 1990. The van der Waals surface area contributed by atoms with Crippen molar-refractivity contribution in [3.05, 3.63) is 138 Å². The predicted octanol–water partition coefficient (Wildman–Crippen LogP) is 8.42. The van der Waals surface area contributed by atoms with Crippen molar-refractivity contribution in [1.82, 2.24) is 5.32 Å². The number of fused-ring (bicyclic) bond motifs is 2. The zero-order chi connectivity index (χ0) is 34.3. The maximum Gasteiger partial charge on any atom is 0.272 e. The molecule has 2 N–H and O–H groups in total. The van der Waals surface area contributed by atoms with Gasteiger partial charge in [0, 0.05) is 31.5 Å². The minimum absolute atomic E-state index is 0.0123. The molecule has 49 heavy (non-hydrogen) atoms. The van der Waals surface area contributed by atoms with Gasteiger partial charge < -0.3 is 20.1 Å². The third-order valence-electron chi connectivity index (χ3n) is 7.69. The van der Waals surface area contributed by atoms with Gasteiger partial charge in [0.05, 0.1) is 30.8 Å². The molecule has 0 aromatic heterocycles. The van der Waals surface area contributed by atoms with Gasteiger partial charge in [-0.3, -0.25) is 19.3 Å². The van der Waals surface area contributed by atoms with Crippen molar-refractivity contribution < 1.29 is 23.9 Å². The van der Waals surface area contributed by atoms with Gasteiger partial charge in [-0.2, -0.15) is 0 Å². The SMILES string of the molecule is COc1ccc(OC)c(/C=C(\NC(=O)c2ccccc2)C(=O)Nc2ccc(SC(C)C(=O)N3c4ccccc4Sc4ccccc43)cc2)c1. The van der Waals surface area contributed by atoms with Crippen molar-refractivity contribution in [2.45, 2.75) is 26.9 Å². The Morgan fingerprint density at radius 3 is 2.04 bits per heavy atom. The van der Waals surface area contributed by atoms with Gasteiger partial charge in [0.2, 0.25) is 5.91 Å². The van der Waals surface area contributed by atoms with E-state index in [-0.39, 0.29) is 11.6 Å². The Kier molecular flexibility index (Phi) is 10.4. The number of para-hydroxylation sites is 2. The number of carbonyl (C=O) groups is 3. The van der Waals surface area contributed by atoms with E-state index in [1.54, 1.807) is 79.5 Å². The van der Waals surface area contributed by atoms with Gasteiger partial charge in [0.15, 0.2) is 0 Å². The Morgan fingerprint density at radius 2 is 1.41 bits per heavy atom. The molecule has 6 rings (SSSR count). The number of amides is 3. The third kappa shape index (κ3) is 7.66. The smallest absolute Gasteiger partial charge is 0.272 e. The number of benzene rings is 5. The number of thioether (sulfide) groups is 1. The van der Waals surface area contributed by atoms with E-state index in [2.05, 4.69) is 10.6 Å². The summed E-state index contributed by atoms with van der Waals surface area (Å²) in [7, 11) is 3.07. The number of methoxy groups -OCH3 is 2. The first-order valence-electron chi connectivity index (χ1n) is 15.4. The average molecular weight is 688 g/mol. The Hall–Kier alpha value is -5.45. The van der Waals surface area contributed by atoms with E-state index in [1.165, 1.54) is 18.9 Å². The molecular formula is C39H33N3O5S2. The van der Waals surface area contributed by atoms with E-state index >= 15 is 0 Å². The van der Waals surface area contributed by atoms with Crippen molar-refractivity contribution in [2.24, 2.45) is 0 Å². The van der Waals surface area contributed by atoms with Crippen LogP contribution in [0, 0.1) is 0 Å². The first-order chi connectivity index (χ1) is 23.8. The van der Waals surface area contributed by atoms with Gasteiger partial charge in [-0.1, -0.05) is 54.2 Å². The van der Waals surface area contributed by atoms with Gasteiger partial charge in [-0.15, -0.1) is 11.8 Å². The summed E-state index contributed by atoms with van der Waals surface area (Å²) in [5.41, 5.74) is 3.22. The quantitative estimate of drug-likeness (QED) is 0.112. The molecular weight excluding hydrogens is 655 g/mol. The highest BCUT2D eigenvalue weighted by Crippen LogP contribution is 2.48. The Morgan fingerprint density at radius 1 is 0.776 bits per heavy atom. The molecule has 5 aromatic carbocycles. The van der Waals surface area contributed by atoms with Gasteiger partial charge in [0.1, 0.15) is 17.2 Å². The van der Waals surface area contributed by atoms with Crippen LogP contribution in [0.3, 0.4) is 0 Å². The molecule has 246 valence electrons. The lowest BCUT2D eigenvalue weighted by Crippen LogP contribution is -2.34. The highest BCUT2D eigenvalue weighted by molar-refractivity contribution is 8.00. The zero-order valence-corrected chi connectivity index (χ0v) is 28.6. The molecule has 0 fully saturated rings. The van der Waals surface area contributed by atoms with E-state index in [4.69, 9.17) is 9.47 Å². The number of nitrogens with zero attached hydrogens (tertiary/aromatic N) is 1. The molecule has 1 atom stereocenters. The van der Waals surface area contributed by atoms with Crippen molar-refractivity contribution in [2.75, 3.05) is 24.4 Å². The summed E-state index contributed by atoms with van der Waals surface area (Å²) in [6.45, 7) is 1.90. The summed E-state index contributed by atoms with van der Waals surface area (Å²) < 4.78 is 10.9. The van der Waals surface area contributed by atoms with Crippen LogP contribution in [0.5, 0.6) is 11.5 Å². The minimum Gasteiger partial charge on any atom is -0.497 e. The predicted molar refractivity (Wildman–Crippen MR) is 196 cm³/mol. The number of ether oxygens (including phenoxy) is 2. The summed E-state index contributed by atoms with van der Waals surface area (Å²) >= 11 is 3.10. The summed E-state index contributed by atoms with van der Waals surface area (Å²) in [6, 6.07) is 36.9. The van der Waals surface area contributed by atoms with Crippen LogP contribution in [0.15, 0.2) is 142 Å². The van der Waals surface area contributed by atoms with E-state index in [1.807, 2.05) is 78.6 Å². The number of nitrogens with one attached hydrogen (secondary N) is 2. The first kappa shape index (κ1) is 33.5. The second kappa shape index (κ2) is 15.2. The summed E-state index contributed by atoms with van der Waals surface area (Å²) in [5, 5.41) is 5.24. The molecule has 0 bridgehead atoms. The lowest BCUT2D eigenvalue weighted by atomic mass is 10.1. The highest BCUT2D eigenvalue weighted by atomic mass is 32.2. The summed E-state index contributed by atoms with van der Waals surface area (Å²) in [4.78, 5) is 45.4. The van der Waals surface area contributed by atoms with Gasteiger partial charge in [-0.05, 0) is 91.9 Å². The fourth-order valence-corrected chi connectivity index (χ4v) is 7.21. The lowest BCUT2D eigenvalue weighted by molar-refractivity contribution is -0.117. The molecule has 0 radical (unpaired) electrons. The van der Waals surface area contributed by atoms with E-state index < -0.39 is 17.1 Å². The van der Waals surface area contributed by atoms with Crippen LogP contribution in [0.1, 0.15) is 22.8 Å². The molecule has 0 aliphatic carbocycles. The number of rotatable bonds is 10. The normalized spacial score (nSPS) is 12.6. The van der Waals surface area contributed by atoms with Crippen molar-refractivity contribution in [3.8, 4) is 11.5 Å². The average Bonchev–Trinajstić information content (AvgIpc) is 3.14. The van der Waals surface area contributed by atoms with Crippen molar-refractivity contribution >= 4 is 64.4 Å². The van der Waals surface area contributed by atoms with Crippen molar-refractivity contribution in [1.29, 1.82) is 0 Å². The van der Waals surface area contributed by atoms with Crippen LogP contribution in [0.4, 0.5) is 17.1 Å². The van der Waals surface area contributed by atoms with Crippen molar-refractivity contribution in [3.63, 3.8) is 0 Å². The largest absolute Gasteiger partial charge is 0.497 e. The fourth-order valence-electron chi connectivity index (χ4n) is 5.24. The summed E-state index contributed by atoms with van der Waals surface area (Å²) in [5.74, 6) is 0.0691. The molecule has 8 nitrogen and oxygen atoms in total. The molecule has 1 heterocycles. The lowest BCUT2D eigenvalue weighted by Gasteiger charge is -2.32. The van der Waals surface area contributed by atoms with Gasteiger partial charge in [0.25, 0.3) is 11.8 Å². The molecule has 0 saturated carbocycles. The topological polar surface area (TPSA) is 97.0 Å². The Balaban J connectivity index is 1.19. The monoisotopic (exact) mass is 687 g/mol. The first-order valence-corrected chi connectivity index (χ1v) is 17.1.